The lowest BCUT2D eigenvalue weighted by Gasteiger charge is -2.18. The number of rotatable bonds is 9. The van der Waals surface area contributed by atoms with Crippen LogP contribution in [-0.2, 0) is 9.47 Å². The highest BCUT2D eigenvalue weighted by molar-refractivity contribution is 6.36. The van der Waals surface area contributed by atoms with E-state index >= 15 is 0 Å². The van der Waals surface area contributed by atoms with Gasteiger partial charge in [-0.1, -0.05) is 19.9 Å². The van der Waals surface area contributed by atoms with Crippen molar-refractivity contribution in [2.24, 2.45) is 0 Å². The van der Waals surface area contributed by atoms with Gasteiger partial charge in [0.15, 0.2) is 0 Å². The number of nitrogens with zero attached hydrogens (tertiary/aromatic N) is 1. The summed E-state index contributed by atoms with van der Waals surface area (Å²) < 4.78 is 10.4. The van der Waals surface area contributed by atoms with E-state index in [2.05, 4.69) is 18.7 Å². The Balaban J connectivity index is 3.35. The van der Waals surface area contributed by atoms with Gasteiger partial charge in [-0.05, 0) is 26.1 Å². The van der Waals surface area contributed by atoms with Gasteiger partial charge in [0.25, 0.3) is 0 Å². The van der Waals surface area contributed by atoms with Crippen molar-refractivity contribution in [3.05, 3.63) is 0 Å². The summed E-state index contributed by atoms with van der Waals surface area (Å²) in [6, 6.07) is 1.31. The monoisotopic (exact) mass is 219 g/mol. The van der Waals surface area contributed by atoms with Crippen LogP contribution in [0.4, 0.5) is 0 Å². The van der Waals surface area contributed by atoms with E-state index in [0.717, 1.165) is 13.1 Å². The third-order valence-electron chi connectivity index (χ3n) is 2.58. The Labute approximate surface area is 90.6 Å². The van der Waals surface area contributed by atoms with Crippen LogP contribution in [0.1, 0.15) is 20.3 Å². The first-order valence-corrected chi connectivity index (χ1v) is 7.38. The zero-order valence-electron chi connectivity index (χ0n) is 10.1. The highest BCUT2D eigenvalue weighted by Gasteiger charge is 2.05. The van der Waals surface area contributed by atoms with Gasteiger partial charge in [-0.2, -0.15) is 0 Å². The highest BCUT2D eigenvalue weighted by atomic mass is 28.2. The quantitative estimate of drug-likeness (QED) is 0.326. The Bertz CT molecular complexity index is 103. The van der Waals surface area contributed by atoms with Crippen molar-refractivity contribution in [2.75, 3.05) is 33.9 Å². The van der Waals surface area contributed by atoms with Crippen LogP contribution in [0.5, 0.6) is 0 Å². The van der Waals surface area contributed by atoms with E-state index in [1.54, 1.807) is 14.2 Å². The Morgan fingerprint density at radius 3 is 2.14 bits per heavy atom. The van der Waals surface area contributed by atoms with E-state index in [4.69, 9.17) is 9.47 Å². The summed E-state index contributed by atoms with van der Waals surface area (Å²) in [5, 5.41) is 0. The lowest BCUT2D eigenvalue weighted by molar-refractivity contribution is -0.0441. The molecule has 3 nitrogen and oxygen atoms in total. The highest BCUT2D eigenvalue weighted by Crippen LogP contribution is 1.98. The molecule has 86 valence electrons. The third kappa shape index (κ3) is 6.54. The second-order valence-electron chi connectivity index (χ2n) is 3.42. The average Bonchev–Trinajstić information content (AvgIpc) is 2.24. The van der Waals surface area contributed by atoms with Crippen LogP contribution in [0.3, 0.4) is 0 Å². The molecule has 14 heavy (non-hydrogen) atoms. The molecule has 0 aliphatic heterocycles. The second kappa shape index (κ2) is 9.64. The molecule has 0 fully saturated rings. The standard InChI is InChI=1S/C10H25NO2Si/c1-5-11(6-2)8-7-9-14-10(12-3)13-4/h10H,5-9,14H2,1-4H3. The number of hydrogen-bond donors (Lipinski definition) is 0. The third-order valence-corrected chi connectivity index (χ3v) is 4.63. The van der Waals surface area contributed by atoms with Crippen molar-refractivity contribution >= 4 is 9.52 Å². The van der Waals surface area contributed by atoms with Gasteiger partial charge in [0.1, 0.15) is 5.91 Å². The molecule has 0 aliphatic rings. The van der Waals surface area contributed by atoms with Crippen molar-refractivity contribution in [1.82, 2.24) is 4.90 Å². The molecule has 0 saturated heterocycles. The molecule has 0 aromatic heterocycles. The van der Waals surface area contributed by atoms with E-state index < -0.39 is 0 Å². The Morgan fingerprint density at radius 1 is 1.14 bits per heavy atom. The maximum atomic E-state index is 5.19. The van der Waals surface area contributed by atoms with Crippen LogP contribution < -0.4 is 0 Å². The van der Waals surface area contributed by atoms with Crippen LogP contribution in [-0.4, -0.2) is 54.2 Å². The van der Waals surface area contributed by atoms with Gasteiger partial charge in [-0.3, -0.25) is 0 Å². The maximum absolute atomic E-state index is 5.19. The minimum atomic E-state index is -0.204. The van der Waals surface area contributed by atoms with Crippen LogP contribution in [0.15, 0.2) is 0 Å². The Morgan fingerprint density at radius 2 is 1.71 bits per heavy atom. The first kappa shape index (κ1) is 14.1. The number of ether oxygens (including phenoxy) is 2. The zero-order chi connectivity index (χ0) is 10.8. The fourth-order valence-electron chi connectivity index (χ4n) is 1.52. The summed E-state index contributed by atoms with van der Waals surface area (Å²) in [5.74, 6) is 0.117. The molecule has 0 aromatic rings. The van der Waals surface area contributed by atoms with E-state index in [1.165, 1.54) is 19.0 Å². The topological polar surface area (TPSA) is 21.7 Å². The molecule has 0 bridgehead atoms. The molecule has 4 heteroatoms. The van der Waals surface area contributed by atoms with E-state index in [1.807, 2.05) is 0 Å². The fourth-order valence-corrected chi connectivity index (χ4v) is 2.84. The molecule has 0 unspecified atom stereocenters. The van der Waals surface area contributed by atoms with Gasteiger partial charge in [0.05, 0.1) is 9.52 Å². The summed E-state index contributed by atoms with van der Waals surface area (Å²) in [4.78, 5) is 2.46. The SMILES string of the molecule is CCN(CC)CCC[SiH2]C(OC)OC. The summed E-state index contributed by atoms with van der Waals surface area (Å²) >= 11 is 0. The molecule has 0 heterocycles. The van der Waals surface area contributed by atoms with Gasteiger partial charge in [0.2, 0.25) is 0 Å². The molecule has 0 N–H and O–H groups in total. The summed E-state index contributed by atoms with van der Waals surface area (Å²) in [5.41, 5.74) is 0. The van der Waals surface area contributed by atoms with Crippen LogP contribution >= 0.6 is 0 Å². The smallest absolute Gasteiger partial charge is 0.134 e. The molecule has 0 radical (unpaired) electrons. The van der Waals surface area contributed by atoms with Gasteiger partial charge in [0, 0.05) is 14.2 Å². The number of methoxy groups -OCH3 is 2. The Hall–Kier alpha value is 0.0969. The van der Waals surface area contributed by atoms with Crippen molar-refractivity contribution in [3.63, 3.8) is 0 Å². The first-order chi connectivity index (χ1) is 6.78. The number of hydrogen-bond acceptors (Lipinski definition) is 3. The van der Waals surface area contributed by atoms with Crippen LogP contribution in [0.25, 0.3) is 0 Å². The minimum absolute atomic E-state index is 0.117. The largest absolute Gasteiger partial charge is 0.360 e. The lowest BCUT2D eigenvalue weighted by atomic mass is 10.4. The fraction of sp³-hybridized carbons (Fsp3) is 1.00. The van der Waals surface area contributed by atoms with Crippen molar-refractivity contribution in [2.45, 2.75) is 32.2 Å². The molecular formula is C10H25NO2Si. The predicted molar refractivity (Wildman–Crippen MR) is 63.6 cm³/mol. The zero-order valence-corrected chi connectivity index (χ0v) is 11.5. The normalized spacial score (nSPS) is 12.4. The van der Waals surface area contributed by atoms with Crippen LogP contribution in [0.2, 0.25) is 6.04 Å². The van der Waals surface area contributed by atoms with Crippen molar-refractivity contribution < 1.29 is 9.47 Å². The van der Waals surface area contributed by atoms with E-state index in [9.17, 15) is 0 Å². The predicted octanol–water partition coefficient (Wildman–Crippen LogP) is 0.882. The van der Waals surface area contributed by atoms with E-state index in [0.29, 0.717) is 0 Å². The minimum Gasteiger partial charge on any atom is -0.360 e. The van der Waals surface area contributed by atoms with Gasteiger partial charge < -0.3 is 14.4 Å². The molecule has 0 aromatic carbocycles. The maximum Gasteiger partial charge on any atom is 0.134 e. The average molecular weight is 219 g/mol. The van der Waals surface area contributed by atoms with Crippen LogP contribution in [0, 0.1) is 0 Å². The van der Waals surface area contributed by atoms with Crippen molar-refractivity contribution in [1.29, 1.82) is 0 Å². The van der Waals surface area contributed by atoms with E-state index in [-0.39, 0.29) is 15.4 Å². The summed E-state index contributed by atoms with van der Waals surface area (Å²) in [7, 11) is 3.25. The molecule has 0 atom stereocenters. The molecule has 0 spiro atoms. The molecule has 0 aliphatic carbocycles. The molecule has 0 amide bonds. The Kier molecular flexibility index (Phi) is 9.71. The van der Waals surface area contributed by atoms with Crippen molar-refractivity contribution in [3.8, 4) is 0 Å². The van der Waals surface area contributed by atoms with Gasteiger partial charge in [-0.25, -0.2) is 0 Å². The van der Waals surface area contributed by atoms with Gasteiger partial charge >= 0.3 is 0 Å². The second-order valence-corrected chi connectivity index (χ2v) is 5.37. The summed E-state index contributed by atoms with van der Waals surface area (Å²) in [6.07, 6.45) is 1.29. The summed E-state index contributed by atoms with van der Waals surface area (Å²) in [6.45, 7) is 7.98. The molecule has 0 rings (SSSR count). The molecular weight excluding hydrogens is 194 g/mol. The lowest BCUT2D eigenvalue weighted by Crippen LogP contribution is -2.26. The molecule has 0 saturated carbocycles. The van der Waals surface area contributed by atoms with Gasteiger partial charge in [-0.15, -0.1) is 0 Å². The first-order valence-electron chi connectivity index (χ1n) is 5.56.